The summed E-state index contributed by atoms with van der Waals surface area (Å²) in [6, 6.07) is 7.09. The summed E-state index contributed by atoms with van der Waals surface area (Å²) in [5.41, 5.74) is -0.170. The number of rotatable bonds is 14. The quantitative estimate of drug-likeness (QED) is 0.184. The van der Waals surface area contributed by atoms with Gasteiger partial charge in [0.25, 0.3) is 5.91 Å². The van der Waals surface area contributed by atoms with Crippen molar-refractivity contribution in [3.63, 3.8) is 0 Å². The van der Waals surface area contributed by atoms with Crippen molar-refractivity contribution in [3.8, 4) is 0 Å². The van der Waals surface area contributed by atoms with E-state index in [1.165, 1.54) is 0 Å². The van der Waals surface area contributed by atoms with Crippen LogP contribution in [0.15, 0.2) is 30.3 Å². The van der Waals surface area contributed by atoms with Crippen LogP contribution in [0.3, 0.4) is 0 Å². The number of urea groups is 1. The average Bonchev–Trinajstić information content (AvgIpc) is 3.91. The number of amides is 5. The van der Waals surface area contributed by atoms with Crippen molar-refractivity contribution in [2.45, 2.75) is 123 Å². The fourth-order valence-electron chi connectivity index (χ4n) is 8.54. The number of hydrogen-bond acceptors (Lipinski definition) is 6. The molecule has 0 aromatic heterocycles. The summed E-state index contributed by atoms with van der Waals surface area (Å²) >= 11 is 0. The topological polar surface area (TPSA) is 163 Å². The molecule has 4 fully saturated rings. The van der Waals surface area contributed by atoms with Gasteiger partial charge in [-0.25, -0.2) is 4.79 Å². The lowest BCUT2D eigenvalue weighted by Gasteiger charge is -2.38. The smallest absolute Gasteiger partial charge is 0.315 e. The zero-order valence-corrected chi connectivity index (χ0v) is 30.7. The molecule has 11 nitrogen and oxygen atoms in total. The van der Waals surface area contributed by atoms with Crippen molar-refractivity contribution in [3.05, 3.63) is 35.9 Å². The molecule has 5 N–H and O–H groups in total. The number of carbonyl (C=O) groups excluding carboxylic acids is 6. The minimum Gasteiger partial charge on any atom is -0.350 e. The molecule has 0 aliphatic heterocycles. The van der Waals surface area contributed by atoms with Crippen LogP contribution in [0.2, 0.25) is 0 Å². The van der Waals surface area contributed by atoms with Gasteiger partial charge in [0.05, 0.1) is 24.5 Å². The average molecular weight is 692 g/mol. The first-order valence-corrected chi connectivity index (χ1v) is 18.6. The van der Waals surface area contributed by atoms with E-state index in [1.807, 2.05) is 58.0 Å². The summed E-state index contributed by atoms with van der Waals surface area (Å²) in [5.74, 6) is -3.72. The standard InChI is InChI=1S/C39H57N5O6/c1-37(2,3)33(43-36(50)44-39(6)17-11-8-12-18-39)31(46)25-20-26-30(38(26,4)5)29(25)34(48)42-27(19-23-15-16-23)32(47)35(49)41-22-28(45)40-21-24-13-9-7-10-14-24/h7,9-10,13-14,23,25-27,29-30,33H,8,11-12,15-22H2,1-6H3,(H,40,45)(H,41,49)(H,42,48)(H2,43,44,50)/t25?,26-,27?,29-,30-,33+/m0/s1. The van der Waals surface area contributed by atoms with Crippen LogP contribution in [0.1, 0.15) is 105 Å². The van der Waals surface area contributed by atoms with Crippen LogP contribution in [-0.4, -0.2) is 59.5 Å². The van der Waals surface area contributed by atoms with E-state index in [2.05, 4.69) is 40.4 Å². The number of fused-ring (bicyclic) bond motifs is 1. The molecule has 274 valence electrons. The van der Waals surface area contributed by atoms with Gasteiger partial charge < -0.3 is 26.6 Å². The number of hydrogen-bond donors (Lipinski definition) is 5. The molecule has 50 heavy (non-hydrogen) atoms. The number of benzene rings is 1. The Kier molecular flexibility index (Phi) is 11.1. The highest BCUT2D eigenvalue weighted by Gasteiger charge is 2.70. The molecule has 1 aromatic rings. The largest absolute Gasteiger partial charge is 0.350 e. The molecule has 6 atom stereocenters. The molecular formula is C39H57N5O6. The Balaban J connectivity index is 1.24. The summed E-state index contributed by atoms with van der Waals surface area (Å²) in [6.45, 7) is 11.9. The van der Waals surface area contributed by atoms with E-state index < -0.39 is 52.8 Å². The van der Waals surface area contributed by atoms with Gasteiger partial charge in [-0.3, -0.25) is 24.0 Å². The molecule has 4 aliphatic rings. The van der Waals surface area contributed by atoms with E-state index in [0.717, 1.165) is 50.5 Å². The summed E-state index contributed by atoms with van der Waals surface area (Å²) in [5, 5.41) is 14.2. The summed E-state index contributed by atoms with van der Waals surface area (Å²) in [4.78, 5) is 80.8. The zero-order valence-electron chi connectivity index (χ0n) is 30.7. The van der Waals surface area contributed by atoms with Crippen molar-refractivity contribution in [2.75, 3.05) is 6.54 Å². The van der Waals surface area contributed by atoms with Crippen LogP contribution in [0.5, 0.6) is 0 Å². The maximum Gasteiger partial charge on any atom is 0.315 e. The van der Waals surface area contributed by atoms with E-state index in [1.54, 1.807) is 0 Å². The molecule has 0 spiro atoms. The Bertz CT molecular complexity index is 1460. The van der Waals surface area contributed by atoms with E-state index in [-0.39, 0.29) is 47.1 Å². The lowest BCUT2D eigenvalue weighted by atomic mass is 9.74. The number of Topliss-reactive ketones (excluding diaryl/α,β-unsaturated/α-hetero) is 2. The molecule has 0 saturated heterocycles. The molecule has 0 heterocycles. The Hall–Kier alpha value is -3.76. The van der Waals surface area contributed by atoms with Crippen LogP contribution in [-0.2, 0) is 30.5 Å². The van der Waals surface area contributed by atoms with Crippen LogP contribution >= 0.6 is 0 Å². The molecular weight excluding hydrogens is 634 g/mol. The van der Waals surface area contributed by atoms with Gasteiger partial charge in [-0.2, -0.15) is 0 Å². The molecule has 4 saturated carbocycles. The Morgan fingerprint density at radius 3 is 2.16 bits per heavy atom. The fraction of sp³-hybridized carbons (Fsp3) is 0.692. The summed E-state index contributed by atoms with van der Waals surface area (Å²) in [6.07, 6.45) is 7.69. The van der Waals surface area contributed by atoms with Crippen molar-refractivity contribution < 1.29 is 28.8 Å². The molecule has 5 rings (SSSR count). The minimum atomic E-state index is -1.06. The highest BCUT2D eigenvalue weighted by Crippen LogP contribution is 2.71. The molecule has 1 aromatic carbocycles. The van der Waals surface area contributed by atoms with Gasteiger partial charge in [-0.05, 0) is 66.8 Å². The maximum atomic E-state index is 14.4. The third-order valence-corrected chi connectivity index (χ3v) is 11.8. The van der Waals surface area contributed by atoms with Gasteiger partial charge in [0.15, 0.2) is 5.78 Å². The Morgan fingerprint density at radius 2 is 1.54 bits per heavy atom. The molecule has 2 unspecified atom stereocenters. The van der Waals surface area contributed by atoms with Crippen LogP contribution in [0.4, 0.5) is 4.79 Å². The zero-order chi connectivity index (χ0) is 36.4. The lowest BCUT2D eigenvalue weighted by molar-refractivity contribution is -0.142. The van der Waals surface area contributed by atoms with E-state index in [9.17, 15) is 28.8 Å². The van der Waals surface area contributed by atoms with Gasteiger partial charge in [-0.15, -0.1) is 0 Å². The van der Waals surface area contributed by atoms with E-state index in [4.69, 9.17) is 0 Å². The van der Waals surface area contributed by atoms with Crippen molar-refractivity contribution in [2.24, 2.45) is 40.4 Å². The first kappa shape index (κ1) is 37.5. The maximum absolute atomic E-state index is 14.4. The van der Waals surface area contributed by atoms with Crippen molar-refractivity contribution >= 4 is 35.3 Å². The first-order valence-electron chi connectivity index (χ1n) is 18.6. The number of nitrogens with one attached hydrogen (secondary N) is 5. The molecule has 0 bridgehead atoms. The molecule has 5 amide bonds. The van der Waals surface area contributed by atoms with Crippen molar-refractivity contribution in [1.29, 1.82) is 0 Å². The normalized spacial score (nSPS) is 26.0. The SMILES string of the molecule is CC1(NC(=O)N[C@H](C(=O)C2C[C@H]3[C@@H]([C@H]2C(=O)NC(CC2CC2)C(=O)C(=O)NCC(=O)NCc2ccccc2)C3(C)C)C(C)(C)C)CCCCC1. The van der Waals surface area contributed by atoms with Gasteiger partial charge in [0, 0.05) is 18.0 Å². The second-order valence-corrected chi connectivity index (χ2v) is 17.3. The van der Waals surface area contributed by atoms with Gasteiger partial charge in [0.2, 0.25) is 17.6 Å². The third kappa shape index (κ3) is 8.93. The lowest BCUT2D eigenvalue weighted by Crippen LogP contribution is -2.59. The Morgan fingerprint density at radius 1 is 0.880 bits per heavy atom. The first-order chi connectivity index (χ1) is 23.5. The van der Waals surface area contributed by atoms with Crippen LogP contribution in [0, 0.1) is 40.4 Å². The molecule has 0 radical (unpaired) electrons. The second kappa shape index (κ2) is 14.8. The van der Waals surface area contributed by atoms with Crippen LogP contribution < -0.4 is 26.6 Å². The monoisotopic (exact) mass is 691 g/mol. The summed E-state index contributed by atoms with van der Waals surface area (Å²) in [7, 11) is 0. The van der Waals surface area contributed by atoms with Crippen LogP contribution in [0.25, 0.3) is 0 Å². The van der Waals surface area contributed by atoms with Crippen molar-refractivity contribution in [1.82, 2.24) is 26.6 Å². The van der Waals surface area contributed by atoms with E-state index in [0.29, 0.717) is 19.4 Å². The minimum absolute atomic E-state index is 0.0501. The molecule has 11 heteroatoms. The second-order valence-electron chi connectivity index (χ2n) is 17.3. The highest BCUT2D eigenvalue weighted by atomic mass is 16.2. The van der Waals surface area contributed by atoms with Gasteiger partial charge in [0.1, 0.15) is 0 Å². The highest BCUT2D eigenvalue weighted by molar-refractivity contribution is 6.38. The number of ketones is 2. The summed E-state index contributed by atoms with van der Waals surface area (Å²) < 4.78 is 0. The third-order valence-electron chi connectivity index (χ3n) is 11.8. The van der Waals surface area contributed by atoms with E-state index >= 15 is 0 Å². The molecule has 4 aliphatic carbocycles. The van der Waals surface area contributed by atoms with Gasteiger partial charge >= 0.3 is 6.03 Å². The number of carbonyl (C=O) groups is 6. The van der Waals surface area contributed by atoms with Gasteiger partial charge in [-0.1, -0.05) is 97.1 Å². The predicted molar refractivity (Wildman–Crippen MR) is 189 cm³/mol. The fourth-order valence-corrected chi connectivity index (χ4v) is 8.54. The Labute approximate surface area is 296 Å². The predicted octanol–water partition coefficient (Wildman–Crippen LogP) is 4.19.